The summed E-state index contributed by atoms with van der Waals surface area (Å²) < 4.78 is 29.2. The van der Waals surface area contributed by atoms with Crippen LogP contribution in [-0.2, 0) is 29.1 Å². The third-order valence-corrected chi connectivity index (χ3v) is 8.35. The average molecular weight is 619 g/mol. The Morgan fingerprint density at radius 3 is 2.58 bits per heavy atom. The van der Waals surface area contributed by atoms with Crippen LogP contribution in [0.5, 0.6) is 28.7 Å². The van der Waals surface area contributed by atoms with E-state index >= 15 is 0 Å². The minimum Gasteiger partial charge on any atom is -0.496 e. The minimum absolute atomic E-state index is 0.0861. The van der Waals surface area contributed by atoms with Crippen LogP contribution < -0.4 is 34.3 Å². The number of rotatable bonds is 5. The Bertz CT molecular complexity index is 1530. The molecule has 0 aliphatic carbocycles. The number of nitrogens with zero attached hydrogens (tertiary/aromatic N) is 2. The van der Waals surface area contributed by atoms with Gasteiger partial charge in [-0.15, -0.1) is 0 Å². The second-order valence-corrected chi connectivity index (χ2v) is 11.4. The number of piperidine rings is 1. The quantitative estimate of drug-likeness (QED) is 0.443. The lowest BCUT2D eigenvalue weighted by molar-refractivity contribution is -0.125. The van der Waals surface area contributed by atoms with E-state index in [0.717, 1.165) is 40.2 Å². The van der Waals surface area contributed by atoms with Crippen LogP contribution in [0.25, 0.3) is 0 Å². The molecule has 1 aromatic heterocycles. The van der Waals surface area contributed by atoms with Crippen molar-refractivity contribution >= 4 is 11.8 Å². The Morgan fingerprint density at radius 1 is 0.978 bits per heavy atom. The summed E-state index contributed by atoms with van der Waals surface area (Å²) in [7, 11) is 4.82. The lowest BCUT2D eigenvalue weighted by Crippen LogP contribution is -2.57. The first-order chi connectivity index (χ1) is 21.8. The fourth-order valence-corrected chi connectivity index (χ4v) is 5.90. The maximum atomic E-state index is 13.3. The number of aromatic nitrogens is 1. The number of ether oxygens (including phenoxy) is 5. The molecule has 0 radical (unpaired) electrons. The van der Waals surface area contributed by atoms with E-state index in [-0.39, 0.29) is 30.6 Å². The molecule has 2 amide bonds. The Morgan fingerprint density at radius 2 is 1.80 bits per heavy atom. The van der Waals surface area contributed by atoms with E-state index in [1.54, 1.807) is 27.4 Å². The number of aryl methyl sites for hydroxylation is 2. The molecule has 1 saturated heterocycles. The molecule has 11 heteroatoms. The van der Waals surface area contributed by atoms with Gasteiger partial charge in [0.15, 0.2) is 18.1 Å². The molecule has 3 aliphatic heterocycles. The number of likely N-dealkylation sites (tertiary alicyclic amines) is 1. The summed E-state index contributed by atoms with van der Waals surface area (Å²) in [6.07, 6.45) is 3.00. The van der Waals surface area contributed by atoms with Crippen LogP contribution in [-0.4, -0.2) is 74.9 Å². The number of fused-ring (bicyclic) bond motifs is 9. The first-order valence-corrected chi connectivity index (χ1v) is 15.2. The predicted molar refractivity (Wildman–Crippen MR) is 168 cm³/mol. The zero-order chi connectivity index (χ0) is 31.9. The maximum Gasteiger partial charge on any atom is 0.258 e. The maximum absolute atomic E-state index is 13.3. The fraction of sp³-hybridized carbons (Fsp3) is 0.441. The first kappa shape index (κ1) is 31.9. The van der Waals surface area contributed by atoms with Crippen LogP contribution >= 0.6 is 0 Å². The molecule has 3 aliphatic rings. The topological polar surface area (TPSA) is 120 Å². The van der Waals surface area contributed by atoms with Gasteiger partial charge in [0.1, 0.15) is 23.4 Å². The van der Waals surface area contributed by atoms with Crippen molar-refractivity contribution in [2.45, 2.75) is 58.3 Å². The molecule has 240 valence electrons. The Hall–Kier alpha value is -4.51. The van der Waals surface area contributed by atoms with E-state index in [9.17, 15) is 9.59 Å². The lowest BCUT2D eigenvalue weighted by Gasteiger charge is -2.39. The van der Waals surface area contributed by atoms with E-state index in [4.69, 9.17) is 23.7 Å². The van der Waals surface area contributed by atoms with Crippen LogP contribution in [0.3, 0.4) is 0 Å². The molecule has 11 nitrogen and oxygen atoms in total. The van der Waals surface area contributed by atoms with Crippen LogP contribution in [0.1, 0.15) is 40.8 Å². The predicted octanol–water partition coefficient (Wildman–Crippen LogP) is 3.50. The third kappa shape index (κ3) is 7.78. The molecule has 45 heavy (non-hydrogen) atoms. The van der Waals surface area contributed by atoms with Crippen molar-refractivity contribution in [3.63, 3.8) is 0 Å². The summed E-state index contributed by atoms with van der Waals surface area (Å²) >= 11 is 0. The first-order valence-electron chi connectivity index (χ1n) is 15.2. The summed E-state index contributed by atoms with van der Waals surface area (Å²) in [6.45, 7) is 6.03. The molecule has 4 heterocycles. The molecule has 2 N–H and O–H groups in total. The molecule has 3 aromatic rings. The molecule has 6 rings (SSSR count). The van der Waals surface area contributed by atoms with Gasteiger partial charge in [0.25, 0.3) is 5.91 Å². The molecule has 4 bridgehead atoms. The Balaban J connectivity index is 1.41. The SMILES string of the molecule is COc1cc2ccc1CNC(=O)CCc1ccc(OC)c(c1)OCC(=O)N[C@@H]1CN(Cc3ncc(C)c(OC)c3C)CC[C@@H]1O2. The van der Waals surface area contributed by atoms with Gasteiger partial charge in [0.05, 0.1) is 33.1 Å². The van der Waals surface area contributed by atoms with Crippen LogP contribution in [0, 0.1) is 13.8 Å². The van der Waals surface area contributed by atoms with Crippen molar-refractivity contribution in [2.75, 3.05) is 41.0 Å². The van der Waals surface area contributed by atoms with E-state index in [0.29, 0.717) is 61.9 Å². The smallest absolute Gasteiger partial charge is 0.258 e. The van der Waals surface area contributed by atoms with Gasteiger partial charge in [-0.05, 0) is 56.5 Å². The van der Waals surface area contributed by atoms with Crippen molar-refractivity contribution in [3.8, 4) is 28.7 Å². The van der Waals surface area contributed by atoms with Gasteiger partial charge in [-0.2, -0.15) is 0 Å². The van der Waals surface area contributed by atoms with Gasteiger partial charge in [-0.1, -0.05) is 6.07 Å². The summed E-state index contributed by atoms with van der Waals surface area (Å²) in [6, 6.07) is 10.8. The van der Waals surface area contributed by atoms with Crippen LogP contribution in [0.15, 0.2) is 42.6 Å². The summed E-state index contributed by atoms with van der Waals surface area (Å²) in [5.41, 5.74) is 4.67. The molecular weight excluding hydrogens is 576 g/mol. The number of amides is 2. The molecule has 0 unspecified atom stereocenters. The number of benzene rings is 2. The third-order valence-electron chi connectivity index (χ3n) is 8.35. The number of carbonyl (C=O) groups is 2. The van der Waals surface area contributed by atoms with Crippen molar-refractivity contribution in [2.24, 2.45) is 0 Å². The molecule has 0 saturated carbocycles. The number of methoxy groups -OCH3 is 3. The van der Waals surface area contributed by atoms with Gasteiger partial charge in [-0.3, -0.25) is 19.5 Å². The number of hydrogen-bond donors (Lipinski definition) is 2. The molecule has 2 aromatic carbocycles. The van der Waals surface area contributed by atoms with Crippen LogP contribution in [0.2, 0.25) is 0 Å². The van der Waals surface area contributed by atoms with Crippen LogP contribution in [0.4, 0.5) is 0 Å². The number of nitrogens with one attached hydrogen (secondary N) is 2. The van der Waals surface area contributed by atoms with Gasteiger partial charge in [0.2, 0.25) is 5.91 Å². The van der Waals surface area contributed by atoms with E-state index in [1.165, 1.54) is 0 Å². The molecular formula is C34H42N4O7. The summed E-state index contributed by atoms with van der Waals surface area (Å²) in [4.78, 5) is 32.9. The van der Waals surface area contributed by atoms with Gasteiger partial charge in [0, 0.05) is 61.6 Å². The summed E-state index contributed by atoms with van der Waals surface area (Å²) in [5, 5.41) is 6.14. The Labute approximate surface area is 264 Å². The van der Waals surface area contributed by atoms with Gasteiger partial charge in [-0.25, -0.2) is 0 Å². The second kappa shape index (κ2) is 14.5. The monoisotopic (exact) mass is 618 g/mol. The van der Waals surface area contributed by atoms with Crippen molar-refractivity contribution in [1.82, 2.24) is 20.5 Å². The standard InChI is InChI=1S/C34H42N4O7/c1-21-16-35-26(22(2)34(21)43-5)18-38-13-12-28-27(19-38)37-33(40)20-44-31-14-23(6-10-29(31)41-3)7-11-32(39)36-17-24-8-9-25(45-28)15-30(24)42-4/h6,8-10,14-16,27-28H,7,11-13,17-20H2,1-5H3,(H,36,39)(H,37,40)/t27-,28+/m1/s1. The average Bonchev–Trinajstić information content (AvgIpc) is 3.04. The number of pyridine rings is 1. The van der Waals surface area contributed by atoms with Crippen molar-refractivity contribution in [1.29, 1.82) is 0 Å². The van der Waals surface area contributed by atoms with Gasteiger partial charge >= 0.3 is 0 Å². The van der Waals surface area contributed by atoms with Gasteiger partial charge < -0.3 is 34.3 Å². The normalized spacial score (nSPS) is 19.4. The van der Waals surface area contributed by atoms with E-state index in [2.05, 4.69) is 20.5 Å². The van der Waals surface area contributed by atoms with Crippen molar-refractivity contribution in [3.05, 3.63) is 70.5 Å². The highest BCUT2D eigenvalue weighted by Crippen LogP contribution is 2.31. The van der Waals surface area contributed by atoms with Crippen molar-refractivity contribution < 1.29 is 33.3 Å². The van der Waals surface area contributed by atoms with E-state index < -0.39 is 0 Å². The largest absolute Gasteiger partial charge is 0.496 e. The second-order valence-electron chi connectivity index (χ2n) is 11.4. The zero-order valence-electron chi connectivity index (χ0n) is 26.6. The molecule has 1 fully saturated rings. The number of carbonyl (C=O) groups excluding carboxylic acids is 2. The highest BCUT2D eigenvalue weighted by atomic mass is 16.5. The lowest BCUT2D eigenvalue weighted by atomic mass is 10.0. The molecule has 0 spiro atoms. The highest BCUT2D eigenvalue weighted by molar-refractivity contribution is 5.78. The minimum atomic E-state index is -0.331. The fourth-order valence-electron chi connectivity index (χ4n) is 5.90. The highest BCUT2D eigenvalue weighted by Gasteiger charge is 2.33. The molecule has 2 atom stereocenters. The number of hydrogen-bond acceptors (Lipinski definition) is 9. The Kier molecular flexibility index (Phi) is 10.3. The summed E-state index contributed by atoms with van der Waals surface area (Å²) in [5.74, 6) is 2.67. The van der Waals surface area contributed by atoms with E-state index in [1.807, 2.05) is 50.4 Å². The zero-order valence-corrected chi connectivity index (χ0v) is 26.6.